The number of benzene rings is 1. The van der Waals surface area contributed by atoms with Gasteiger partial charge in [-0.25, -0.2) is 0 Å². The van der Waals surface area contributed by atoms with Gasteiger partial charge in [-0.15, -0.1) is 0 Å². The van der Waals surface area contributed by atoms with Gasteiger partial charge in [0.25, 0.3) is 0 Å². The average Bonchev–Trinajstić information content (AvgIpc) is 2.60. The van der Waals surface area contributed by atoms with Crippen molar-refractivity contribution >= 4 is 0 Å². The molecule has 1 aromatic carbocycles. The molecule has 0 amide bonds. The smallest absolute Gasteiger partial charge is 0.119 e. The van der Waals surface area contributed by atoms with Crippen molar-refractivity contribution in [2.45, 2.75) is 20.0 Å². The van der Waals surface area contributed by atoms with Crippen LogP contribution < -0.4 is 4.74 Å². The third-order valence-electron chi connectivity index (χ3n) is 4.22. The van der Waals surface area contributed by atoms with Gasteiger partial charge >= 0.3 is 0 Å². The lowest BCUT2D eigenvalue weighted by molar-refractivity contribution is 0.121. The Balaban J connectivity index is 1.45. The first-order chi connectivity index (χ1) is 11.3. The van der Waals surface area contributed by atoms with E-state index in [9.17, 15) is 0 Å². The molecule has 0 saturated carbocycles. The fourth-order valence-electron chi connectivity index (χ4n) is 2.94. The van der Waals surface area contributed by atoms with Gasteiger partial charge in [0.1, 0.15) is 5.75 Å². The highest BCUT2D eigenvalue weighted by atomic mass is 16.5. The molecular formula is C19H25N3O. The summed E-state index contributed by atoms with van der Waals surface area (Å²) >= 11 is 0. The SMILES string of the molecule is CCOc1ccc(CN2CCN(Cc3ccccn3)CC2)cc1. The zero-order chi connectivity index (χ0) is 15.9. The third kappa shape index (κ3) is 4.78. The zero-order valence-corrected chi connectivity index (χ0v) is 13.8. The second-order valence-corrected chi connectivity index (χ2v) is 5.95. The number of aromatic nitrogens is 1. The molecule has 0 N–H and O–H groups in total. The Morgan fingerprint density at radius 1 is 0.913 bits per heavy atom. The minimum Gasteiger partial charge on any atom is -0.494 e. The first kappa shape index (κ1) is 16.0. The van der Waals surface area contributed by atoms with Crippen LogP contribution in [0.1, 0.15) is 18.2 Å². The number of piperazine rings is 1. The Kier molecular flexibility index (Phi) is 5.61. The summed E-state index contributed by atoms with van der Waals surface area (Å²) in [6.45, 7) is 9.14. The summed E-state index contributed by atoms with van der Waals surface area (Å²) in [4.78, 5) is 9.42. The van der Waals surface area contributed by atoms with Gasteiger partial charge in [0.15, 0.2) is 0 Å². The van der Waals surface area contributed by atoms with Gasteiger partial charge in [-0.1, -0.05) is 18.2 Å². The summed E-state index contributed by atoms with van der Waals surface area (Å²) in [6.07, 6.45) is 1.87. The van der Waals surface area contributed by atoms with Crippen molar-refractivity contribution in [3.05, 3.63) is 59.9 Å². The van der Waals surface area contributed by atoms with E-state index in [2.05, 4.69) is 51.2 Å². The number of nitrogens with zero attached hydrogens (tertiary/aromatic N) is 3. The normalized spacial score (nSPS) is 16.4. The van der Waals surface area contributed by atoms with Crippen LogP contribution in [0.3, 0.4) is 0 Å². The monoisotopic (exact) mass is 311 g/mol. The fraction of sp³-hybridized carbons (Fsp3) is 0.421. The summed E-state index contributed by atoms with van der Waals surface area (Å²) in [5, 5.41) is 0. The highest BCUT2D eigenvalue weighted by Crippen LogP contribution is 2.15. The van der Waals surface area contributed by atoms with E-state index < -0.39 is 0 Å². The van der Waals surface area contributed by atoms with E-state index in [-0.39, 0.29) is 0 Å². The molecule has 0 unspecified atom stereocenters. The van der Waals surface area contributed by atoms with Gasteiger partial charge in [-0.2, -0.15) is 0 Å². The first-order valence-corrected chi connectivity index (χ1v) is 8.40. The molecule has 0 spiro atoms. The second kappa shape index (κ2) is 8.09. The van der Waals surface area contributed by atoms with E-state index in [1.54, 1.807) is 0 Å². The van der Waals surface area contributed by atoms with Gasteiger partial charge in [0, 0.05) is 45.5 Å². The van der Waals surface area contributed by atoms with Crippen molar-refractivity contribution in [3.63, 3.8) is 0 Å². The molecule has 0 atom stereocenters. The molecule has 0 bridgehead atoms. The largest absolute Gasteiger partial charge is 0.494 e. The molecule has 23 heavy (non-hydrogen) atoms. The second-order valence-electron chi connectivity index (χ2n) is 5.95. The van der Waals surface area contributed by atoms with E-state index in [0.717, 1.165) is 57.3 Å². The summed E-state index contributed by atoms with van der Waals surface area (Å²) in [7, 11) is 0. The zero-order valence-electron chi connectivity index (χ0n) is 13.8. The van der Waals surface area contributed by atoms with Crippen LogP contribution in [-0.4, -0.2) is 47.6 Å². The lowest BCUT2D eigenvalue weighted by Gasteiger charge is -2.34. The Hall–Kier alpha value is -1.91. The average molecular weight is 311 g/mol. The maximum atomic E-state index is 5.50. The maximum absolute atomic E-state index is 5.50. The van der Waals surface area contributed by atoms with Crippen molar-refractivity contribution in [2.24, 2.45) is 0 Å². The van der Waals surface area contributed by atoms with E-state index >= 15 is 0 Å². The number of hydrogen-bond acceptors (Lipinski definition) is 4. The molecule has 122 valence electrons. The molecule has 1 saturated heterocycles. The molecule has 1 fully saturated rings. The van der Waals surface area contributed by atoms with Crippen molar-refractivity contribution in [3.8, 4) is 5.75 Å². The molecule has 1 aromatic heterocycles. The van der Waals surface area contributed by atoms with Crippen molar-refractivity contribution < 1.29 is 4.74 Å². The lowest BCUT2D eigenvalue weighted by Crippen LogP contribution is -2.45. The molecule has 4 heteroatoms. The number of ether oxygens (including phenoxy) is 1. The summed E-state index contributed by atoms with van der Waals surface area (Å²) in [6, 6.07) is 14.6. The predicted octanol–water partition coefficient (Wildman–Crippen LogP) is 2.80. The first-order valence-electron chi connectivity index (χ1n) is 8.40. The van der Waals surface area contributed by atoms with Crippen LogP contribution in [0.25, 0.3) is 0 Å². The Morgan fingerprint density at radius 3 is 2.22 bits per heavy atom. The van der Waals surface area contributed by atoms with E-state index in [1.807, 2.05) is 19.2 Å². The topological polar surface area (TPSA) is 28.6 Å². The Labute approximate surface area is 138 Å². The minimum atomic E-state index is 0.720. The third-order valence-corrected chi connectivity index (χ3v) is 4.22. The van der Waals surface area contributed by atoms with Crippen LogP contribution in [0.15, 0.2) is 48.7 Å². The Bertz CT molecular complexity index is 577. The van der Waals surface area contributed by atoms with Gasteiger partial charge < -0.3 is 4.74 Å². The summed E-state index contributed by atoms with van der Waals surface area (Å²) in [5.74, 6) is 0.955. The predicted molar refractivity (Wildman–Crippen MR) is 92.4 cm³/mol. The molecule has 4 nitrogen and oxygen atoms in total. The summed E-state index contributed by atoms with van der Waals surface area (Å²) in [5.41, 5.74) is 2.51. The molecular weight excluding hydrogens is 286 g/mol. The van der Waals surface area contributed by atoms with Crippen molar-refractivity contribution in [1.29, 1.82) is 0 Å². The van der Waals surface area contributed by atoms with Crippen LogP contribution in [0.2, 0.25) is 0 Å². The standard InChI is InChI=1S/C19H25N3O/c1-2-23-19-8-6-17(7-9-19)15-21-11-13-22(14-12-21)16-18-5-3-4-10-20-18/h3-10H,2,11-16H2,1H3. The maximum Gasteiger partial charge on any atom is 0.119 e. The van der Waals surface area contributed by atoms with E-state index in [1.165, 1.54) is 5.56 Å². The van der Waals surface area contributed by atoms with Crippen molar-refractivity contribution in [2.75, 3.05) is 32.8 Å². The van der Waals surface area contributed by atoms with Gasteiger partial charge in [0.2, 0.25) is 0 Å². The molecule has 3 rings (SSSR count). The molecule has 1 aliphatic rings. The van der Waals surface area contributed by atoms with Crippen LogP contribution in [0.4, 0.5) is 0 Å². The molecule has 0 radical (unpaired) electrons. The summed E-state index contributed by atoms with van der Waals surface area (Å²) < 4.78 is 5.50. The minimum absolute atomic E-state index is 0.720. The van der Waals surface area contributed by atoms with Gasteiger partial charge in [-0.05, 0) is 36.8 Å². The lowest BCUT2D eigenvalue weighted by atomic mass is 10.2. The molecule has 2 heterocycles. The molecule has 2 aromatic rings. The number of hydrogen-bond donors (Lipinski definition) is 0. The van der Waals surface area contributed by atoms with Crippen LogP contribution in [-0.2, 0) is 13.1 Å². The quantitative estimate of drug-likeness (QED) is 0.820. The van der Waals surface area contributed by atoms with Crippen LogP contribution in [0, 0.1) is 0 Å². The van der Waals surface area contributed by atoms with Crippen molar-refractivity contribution in [1.82, 2.24) is 14.8 Å². The fourth-order valence-corrected chi connectivity index (χ4v) is 2.94. The number of pyridine rings is 1. The molecule has 0 aliphatic carbocycles. The number of rotatable bonds is 6. The molecule has 1 aliphatic heterocycles. The Morgan fingerprint density at radius 2 is 1.61 bits per heavy atom. The van der Waals surface area contributed by atoms with Crippen LogP contribution >= 0.6 is 0 Å². The van der Waals surface area contributed by atoms with Crippen LogP contribution in [0.5, 0.6) is 5.75 Å². The van der Waals surface area contributed by atoms with Gasteiger partial charge in [0.05, 0.1) is 12.3 Å². The highest BCUT2D eigenvalue weighted by molar-refractivity contribution is 5.27. The van der Waals surface area contributed by atoms with E-state index in [0.29, 0.717) is 0 Å². The van der Waals surface area contributed by atoms with Gasteiger partial charge in [-0.3, -0.25) is 14.8 Å². The highest BCUT2D eigenvalue weighted by Gasteiger charge is 2.17. The van der Waals surface area contributed by atoms with E-state index in [4.69, 9.17) is 4.74 Å².